The molecule has 0 atom stereocenters. The number of aromatic nitrogens is 1. The van der Waals surface area contributed by atoms with Crippen LogP contribution in [-0.4, -0.2) is 41.2 Å². The van der Waals surface area contributed by atoms with Crippen LogP contribution in [0.3, 0.4) is 0 Å². The highest BCUT2D eigenvalue weighted by atomic mass is 16.6. The van der Waals surface area contributed by atoms with E-state index >= 15 is 0 Å². The molecule has 1 amide bonds. The topological polar surface area (TPSA) is 77.6 Å². The molecule has 0 bridgehead atoms. The molecule has 6 nitrogen and oxygen atoms in total. The van der Waals surface area contributed by atoms with Crippen molar-refractivity contribution in [2.45, 2.75) is 26.4 Å². The zero-order valence-electron chi connectivity index (χ0n) is 13.5. The first-order chi connectivity index (χ1) is 10.1. The average Bonchev–Trinajstić information content (AvgIpc) is 2.74. The van der Waals surface area contributed by atoms with Gasteiger partial charge in [0.25, 0.3) is 5.91 Å². The number of ether oxygens (including phenoxy) is 1. The summed E-state index contributed by atoms with van der Waals surface area (Å²) in [6.45, 7) is 5.37. The van der Waals surface area contributed by atoms with E-state index in [-0.39, 0.29) is 5.91 Å². The number of benzene rings is 1. The number of amides is 1. The molecule has 118 valence electrons. The summed E-state index contributed by atoms with van der Waals surface area (Å²) in [5.74, 6) is -0.183. The van der Waals surface area contributed by atoms with Crippen molar-refractivity contribution in [3.8, 4) is 0 Å². The first kappa shape index (κ1) is 15.9. The van der Waals surface area contributed by atoms with Crippen molar-refractivity contribution in [2.75, 3.05) is 19.8 Å². The number of nitrogens with zero attached hydrogens (tertiary/aromatic N) is 2. The van der Waals surface area contributed by atoms with Crippen LogP contribution in [0.5, 0.6) is 0 Å². The quantitative estimate of drug-likeness (QED) is 0.822. The Morgan fingerprint density at radius 1 is 1.23 bits per heavy atom. The highest BCUT2D eigenvalue weighted by Crippen LogP contribution is 2.25. The molecule has 0 saturated heterocycles. The molecular formula is C16H21N3O3. The maximum Gasteiger partial charge on any atom is 0.419 e. The van der Waals surface area contributed by atoms with Gasteiger partial charge in [-0.15, -0.1) is 0 Å². The molecular weight excluding hydrogens is 282 g/mol. The standard InChI is InChI=1S/C16H21N3O3/c1-16(2,3)22-15(21)19-9-12(14(20)18(4)5)11-7-6-10(17)8-13(11)19/h6-9H,17H2,1-5H3. The number of carbonyl (C=O) groups is 2. The van der Waals surface area contributed by atoms with Gasteiger partial charge >= 0.3 is 6.09 Å². The molecule has 1 heterocycles. The van der Waals surface area contributed by atoms with Gasteiger partial charge in [-0.25, -0.2) is 4.79 Å². The molecule has 2 aromatic rings. The predicted octanol–water partition coefficient (Wildman–Crippen LogP) is 2.71. The lowest BCUT2D eigenvalue weighted by atomic mass is 10.1. The molecule has 0 aliphatic heterocycles. The second-order valence-corrected chi connectivity index (χ2v) is 6.37. The number of rotatable bonds is 1. The van der Waals surface area contributed by atoms with Crippen LogP contribution in [-0.2, 0) is 4.74 Å². The van der Waals surface area contributed by atoms with E-state index in [0.29, 0.717) is 22.2 Å². The summed E-state index contributed by atoms with van der Waals surface area (Å²) in [6, 6.07) is 5.10. The summed E-state index contributed by atoms with van der Waals surface area (Å²) in [5.41, 5.74) is 6.68. The number of hydrogen-bond acceptors (Lipinski definition) is 4. The van der Waals surface area contributed by atoms with Gasteiger partial charge in [-0.2, -0.15) is 0 Å². The minimum atomic E-state index is -0.625. The van der Waals surface area contributed by atoms with Crippen LogP contribution in [0.25, 0.3) is 10.9 Å². The SMILES string of the molecule is CN(C)C(=O)c1cn(C(=O)OC(C)(C)C)c2cc(N)ccc12. The molecule has 2 rings (SSSR count). The zero-order chi connectivity index (χ0) is 16.7. The third kappa shape index (κ3) is 3.05. The lowest BCUT2D eigenvalue weighted by Crippen LogP contribution is -2.27. The number of hydrogen-bond donors (Lipinski definition) is 1. The van der Waals surface area contributed by atoms with Crippen LogP contribution in [0.15, 0.2) is 24.4 Å². The number of fused-ring (bicyclic) bond motifs is 1. The first-order valence-corrected chi connectivity index (χ1v) is 6.96. The Hall–Kier alpha value is -2.50. The van der Waals surface area contributed by atoms with E-state index in [1.807, 2.05) is 0 Å². The van der Waals surface area contributed by atoms with Crippen molar-refractivity contribution < 1.29 is 14.3 Å². The molecule has 0 spiro atoms. The molecule has 0 aliphatic carbocycles. The summed E-state index contributed by atoms with van der Waals surface area (Å²) in [6.07, 6.45) is 0.960. The van der Waals surface area contributed by atoms with Crippen molar-refractivity contribution in [2.24, 2.45) is 0 Å². The van der Waals surface area contributed by atoms with Crippen LogP contribution in [0, 0.1) is 0 Å². The van der Waals surface area contributed by atoms with E-state index in [1.54, 1.807) is 53.1 Å². The maximum atomic E-state index is 12.4. The van der Waals surface area contributed by atoms with Gasteiger partial charge in [0.2, 0.25) is 0 Å². The highest BCUT2D eigenvalue weighted by Gasteiger charge is 2.23. The van der Waals surface area contributed by atoms with Crippen LogP contribution >= 0.6 is 0 Å². The molecule has 22 heavy (non-hydrogen) atoms. The second-order valence-electron chi connectivity index (χ2n) is 6.37. The monoisotopic (exact) mass is 303 g/mol. The summed E-state index contributed by atoms with van der Waals surface area (Å²) in [4.78, 5) is 26.1. The largest absolute Gasteiger partial charge is 0.443 e. The van der Waals surface area contributed by atoms with Gasteiger partial charge in [0, 0.05) is 31.4 Å². The molecule has 2 N–H and O–H groups in total. The van der Waals surface area contributed by atoms with E-state index < -0.39 is 11.7 Å². The molecule has 0 unspecified atom stereocenters. The fraction of sp³-hybridized carbons (Fsp3) is 0.375. The molecule has 0 radical (unpaired) electrons. The molecule has 0 saturated carbocycles. The van der Waals surface area contributed by atoms with Gasteiger partial charge in [0.1, 0.15) is 5.60 Å². The Labute approximate surface area is 129 Å². The number of anilines is 1. The van der Waals surface area contributed by atoms with Crippen LogP contribution in [0.4, 0.5) is 10.5 Å². The average molecular weight is 303 g/mol. The summed E-state index contributed by atoms with van der Waals surface area (Å²) in [7, 11) is 3.33. The Kier molecular flexibility index (Phi) is 3.87. The van der Waals surface area contributed by atoms with Crippen molar-refractivity contribution >= 4 is 28.6 Å². The van der Waals surface area contributed by atoms with Crippen LogP contribution in [0.1, 0.15) is 31.1 Å². The molecule has 0 aliphatic rings. The minimum absolute atomic E-state index is 0.183. The van der Waals surface area contributed by atoms with Crippen molar-refractivity contribution in [3.63, 3.8) is 0 Å². The number of carbonyl (C=O) groups excluding carboxylic acids is 2. The third-order valence-corrected chi connectivity index (χ3v) is 3.06. The Balaban J connectivity index is 2.62. The molecule has 0 fully saturated rings. The van der Waals surface area contributed by atoms with Gasteiger partial charge in [0.05, 0.1) is 11.1 Å². The predicted molar refractivity (Wildman–Crippen MR) is 86.0 cm³/mol. The smallest absolute Gasteiger partial charge is 0.419 e. The van der Waals surface area contributed by atoms with Crippen molar-refractivity contribution in [3.05, 3.63) is 30.0 Å². The molecule has 6 heteroatoms. The number of nitrogen functional groups attached to an aromatic ring is 1. The van der Waals surface area contributed by atoms with E-state index in [2.05, 4.69) is 0 Å². The first-order valence-electron chi connectivity index (χ1n) is 6.96. The Bertz CT molecular complexity index is 739. The fourth-order valence-corrected chi connectivity index (χ4v) is 2.12. The highest BCUT2D eigenvalue weighted by molar-refractivity contribution is 6.09. The normalized spacial score (nSPS) is 11.5. The maximum absolute atomic E-state index is 12.4. The lowest BCUT2D eigenvalue weighted by Gasteiger charge is -2.19. The Morgan fingerprint density at radius 2 is 1.86 bits per heavy atom. The molecule has 1 aromatic heterocycles. The summed E-state index contributed by atoms with van der Waals surface area (Å²) < 4.78 is 6.71. The number of nitrogens with two attached hydrogens (primary N) is 1. The van der Waals surface area contributed by atoms with Gasteiger partial charge in [0.15, 0.2) is 0 Å². The minimum Gasteiger partial charge on any atom is -0.443 e. The van der Waals surface area contributed by atoms with E-state index in [1.165, 1.54) is 15.7 Å². The van der Waals surface area contributed by atoms with Gasteiger partial charge < -0.3 is 15.4 Å². The van der Waals surface area contributed by atoms with Gasteiger partial charge in [-0.05, 0) is 39.0 Å². The second kappa shape index (κ2) is 5.36. The zero-order valence-corrected chi connectivity index (χ0v) is 13.5. The van der Waals surface area contributed by atoms with E-state index in [0.717, 1.165) is 0 Å². The van der Waals surface area contributed by atoms with E-state index in [4.69, 9.17) is 10.5 Å². The third-order valence-electron chi connectivity index (χ3n) is 3.06. The van der Waals surface area contributed by atoms with Crippen LogP contribution < -0.4 is 5.73 Å². The fourth-order valence-electron chi connectivity index (χ4n) is 2.12. The lowest BCUT2D eigenvalue weighted by molar-refractivity contribution is 0.0544. The van der Waals surface area contributed by atoms with Crippen molar-refractivity contribution in [1.82, 2.24) is 9.47 Å². The van der Waals surface area contributed by atoms with Crippen LogP contribution in [0.2, 0.25) is 0 Å². The molecule has 1 aromatic carbocycles. The summed E-state index contributed by atoms with van der Waals surface area (Å²) in [5, 5.41) is 0.666. The van der Waals surface area contributed by atoms with Gasteiger partial charge in [-0.3, -0.25) is 9.36 Å². The summed E-state index contributed by atoms with van der Waals surface area (Å²) >= 11 is 0. The Morgan fingerprint density at radius 3 is 2.41 bits per heavy atom. The van der Waals surface area contributed by atoms with E-state index in [9.17, 15) is 9.59 Å². The van der Waals surface area contributed by atoms with Gasteiger partial charge in [-0.1, -0.05) is 0 Å². The van der Waals surface area contributed by atoms with Crippen molar-refractivity contribution in [1.29, 1.82) is 0 Å².